The molecule has 1 heterocycles. The number of rotatable bonds is 11. The number of ether oxygens (including phenoxy) is 4. The van der Waals surface area contributed by atoms with Gasteiger partial charge in [-0.2, -0.15) is 0 Å². The second-order valence-electron chi connectivity index (χ2n) is 7.59. The second-order valence-corrected chi connectivity index (χ2v) is 10.2. The fourth-order valence-electron chi connectivity index (χ4n) is 2.47. The Labute approximate surface area is 196 Å². The van der Waals surface area contributed by atoms with Gasteiger partial charge in [0.1, 0.15) is 10.5 Å². The largest absolute Gasteiger partial charge is 0.468 e. The highest BCUT2D eigenvalue weighted by Gasteiger charge is 2.32. The maximum Gasteiger partial charge on any atom is 0.407 e. The Balaban J connectivity index is 2.88. The molecule has 0 bridgehead atoms. The molecule has 0 aliphatic carbocycles. The predicted molar refractivity (Wildman–Crippen MR) is 122 cm³/mol. The zero-order valence-electron chi connectivity index (χ0n) is 19.2. The van der Waals surface area contributed by atoms with Crippen molar-refractivity contribution in [1.29, 1.82) is 0 Å². The molecule has 0 spiro atoms. The van der Waals surface area contributed by atoms with Crippen LogP contribution in [0.1, 0.15) is 48.7 Å². The number of hydrogen-bond donors (Lipinski definition) is 1. The van der Waals surface area contributed by atoms with Crippen molar-refractivity contribution in [3.8, 4) is 0 Å². The Morgan fingerprint density at radius 3 is 2.25 bits per heavy atom. The van der Waals surface area contributed by atoms with Gasteiger partial charge in [0.15, 0.2) is 5.25 Å². The molecule has 0 aliphatic rings. The van der Waals surface area contributed by atoms with Crippen LogP contribution in [-0.2, 0) is 35.0 Å². The Bertz CT molecular complexity index is 771. The number of nitrogens with one attached hydrogen (secondary N) is 1. The lowest BCUT2D eigenvalue weighted by Gasteiger charge is -2.23. The molecule has 0 radical (unpaired) electrons. The molecule has 11 heteroatoms. The predicted octanol–water partition coefficient (Wildman–Crippen LogP) is 3.20. The van der Waals surface area contributed by atoms with Gasteiger partial charge in [-0.1, -0.05) is 0 Å². The van der Waals surface area contributed by atoms with Crippen LogP contribution in [0.4, 0.5) is 4.79 Å². The summed E-state index contributed by atoms with van der Waals surface area (Å²) >= 11 is 2.37. The number of carbonyl (C=O) groups is 4. The van der Waals surface area contributed by atoms with E-state index in [1.807, 2.05) is 6.07 Å². The first-order chi connectivity index (χ1) is 15.0. The van der Waals surface area contributed by atoms with Crippen LogP contribution in [0.3, 0.4) is 0 Å². The van der Waals surface area contributed by atoms with Gasteiger partial charge < -0.3 is 24.3 Å². The Hall–Kier alpha value is -2.27. The number of amides is 1. The lowest BCUT2D eigenvalue weighted by atomic mass is 10.2. The number of aryl methyl sites for hydroxylation is 1. The summed E-state index contributed by atoms with van der Waals surface area (Å²) in [7, 11) is 2.38. The van der Waals surface area contributed by atoms with Crippen molar-refractivity contribution < 1.29 is 38.1 Å². The summed E-state index contributed by atoms with van der Waals surface area (Å²) in [6.45, 7) is 7.44. The molecule has 1 rings (SSSR count). The summed E-state index contributed by atoms with van der Waals surface area (Å²) in [5.41, 5.74) is -0.659. The monoisotopic (exact) mass is 489 g/mol. The molecule has 0 unspecified atom stereocenters. The summed E-state index contributed by atoms with van der Waals surface area (Å²) in [4.78, 5) is 49.5. The number of thioether (sulfide) groups is 1. The van der Waals surface area contributed by atoms with Crippen LogP contribution in [0.15, 0.2) is 12.1 Å². The minimum Gasteiger partial charge on any atom is -0.468 e. The molecule has 1 N–H and O–H groups in total. The van der Waals surface area contributed by atoms with Crippen LogP contribution in [0, 0.1) is 0 Å². The molecule has 1 aromatic heterocycles. The Morgan fingerprint density at radius 2 is 1.72 bits per heavy atom. The molecule has 180 valence electrons. The van der Waals surface area contributed by atoms with Gasteiger partial charge in [0, 0.05) is 16.7 Å². The summed E-state index contributed by atoms with van der Waals surface area (Å²) in [6, 6.07) is 3.53. The van der Waals surface area contributed by atoms with E-state index in [-0.39, 0.29) is 17.8 Å². The SMILES string of the molecule is CCOC(=O)c1ccc(CC[C@H](CNC(=O)OC(C)(C)C)SC(C(=O)OC)C(=O)OC)s1. The third kappa shape index (κ3) is 9.90. The van der Waals surface area contributed by atoms with E-state index < -0.39 is 28.9 Å². The molecular formula is C21H31NO8S2. The number of carbonyl (C=O) groups excluding carboxylic acids is 4. The number of thiophene rings is 1. The number of esters is 3. The normalized spacial score (nSPS) is 12.1. The number of alkyl carbamates (subject to hydrolysis) is 1. The second kappa shape index (κ2) is 13.3. The van der Waals surface area contributed by atoms with E-state index in [0.29, 0.717) is 24.3 Å². The highest BCUT2D eigenvalue weighted by atomic mass is 32.2. The van der Waals surface area contributed by atoms with E-state index in [1.165, 1.54) is 25.6 Å². The van der Waals surface area contributed by atoms with Crippen molar-refractivity contribution in [3.05, 3.63) is 21.9 Å². The first-order valence-corrected chi connectivity index (χ1v) is 11.8. The van der Waals surface area contributed by atoms with Gasteiger partial charge in [-0.15, -0.1) is 23.1 Å². The van der Waals surface area contributed by atoms with E-state index in [9.17, 15) is 19.2 Å². The van der Waals surface area contributed by atoms with Crippen molar-refractivity contribution >= 4 is 47.1 Å². The Kier molecular flexibility index (Phi) is 11.6. The minimum absolute atomic E-state index is 0.153. The fourth-order valence-corrected chi connectivity index (χ4v) is 4.62. The zero-order chi connectivity index (χ0) is 24.3. The topological polar surface area (TPSA) is 117 Å². The highest BCUT2D eigenvalue weighted by molar-refractivity contribution is 8.01. The van der Waals surface area contributed by atoms with Crippen LogP contribution in [0.2, 0.25) is 0 Å². The lowest BCUT2D eigenvalue weighted by Crippen LogP contribution is -2.38. The molecule has 0 fully saturated rings. The summed E-state index contributed by atoms with van der Waals surface area (Å²) in [6.07, 6.45) is 0.470. The van der Waals surface area contributed by atoms with Gasteiger partial charge in [0.2, 0.25) is 0 Å². The molecular weight excluding hydrogens is 458 g/mol. The van der Waals surface area contributed by atoms with Crippen molar-refractivity contribution in [3.63, 3.8) is 0 Å². The van der Waals surface area contributed by atoms with Crippen LogP contribution in [-0.4, -0.2) is 67.5 Å². The molecule has 0 aromatic carbocycles. The van der Waals surface area contributed by atoms with Crippen molar-refractivity contribution in [2.45, 2.75) is 56.6 Å². The van der Waals surface area contributed by atoms with E-state index in [4.69, 9.17) is 18.9 Å². The first-order valence-electron chi connectivity index (χ1n) is 10.0. The van der Waals surface area contributed by atoms with Crippen LogP contribution >= 0.6 is 23.1 Å². The molecule has 0 saturated heterocycles. The third-order valence-corrected chi connectivity index (χ3v) is 6.45. The fraction of sp³-hybridized carbons (Fsp3) is 0.619. The zero-order valence-corrected chi connectivity index (χ0v) is 20.9. The number of hydrogen-bond acceptors (Lipinski definition) is 10. The quantitative estimate of drug-likeness (QED) is 0.284. The third-order valence-electron chi connectivity index (χ3n) is 3.88. The average molecular weight is 490 g/mol. The first kappa shape index (κ1) is 27.8. The van der Waals surface area contributed by atoms with E-state index >= 15 is 0 Å². The lowest BCUT2D eigenvalue weighted by molar-refractivity contribution is -0.150. The average Bonchev–Trinajstić information content (AvgIpc) is 3.20. The van der Waals surface area contributed by atoms with E-state index in [2.05, 4.69) is 5.32 Å². The molecule has 1 amide bonds. The van der Waals surface area contributed by atoms with Gasteiger partial charge in [-0.05, 0) is 52.7 Å². The standard InChI is InChI=1S/C21H31NO8S2/c1-7-29-17(23)15-11-10-13(31-15)8-9-14(12-22-20(26)30-21(2,3)4)32-16(18(24)27-5)19(25)28-6/h10-11,14,16H,7-9,12H2,1-6H3,(H,22,26)/t14-/m1/s1. The summed E-state index contributed by atoms with van der Waals surface area (Å²) in [5.74, 6) is -1.84. The van der Waals surface area contributed by atoms with Gasteiger partial charge >= 0.3 is 24.0 Å². The Morgan fingerprint density at radius 1 is 1.09 bits per heavy atom. The summed E-state index contributed by atoms with van der Waals surface area (Å²) in [5, 5.41) is 1.16. The van der Waals surface area contributed by atoms with E-state index in [0.717, 1.165) is 16.6 Å². The van der Waals surface area contributed by atoms with E-state index in [1.54, 1.807) is 33.8 Å². The minimum atomic E-state index is -1.19. The summed E-state index contributed by atoms with van der Waals surface area (Å²) < 4.78 is 19.7. The molecule has 9 nitrogen and oxygen atoms in total. The van der Waals surface area contributed by atoms with Crippen molar-refractivity contribution in [2.24, 2.45) is 0 Å². The van der Waals surface area contributed by atoms with Crippen LogP contribution < -0.4 is 5.32 Å². The molecule has 0 aliphatic heterocycles. The maximum atomic E-state index is 12.1. The van der Waals surface area contributed by atoms with Crippen LogP contribution in [0.25, 0.3) is 0 Å². The smallest absolute Gasteiger partial charge is 0.407 e. The van der Waals surface area contributed by atoms with Gasteiger partial charge in [-0.25, -0.2) is 9.59 Å². The van der Waals surface area contributed by atoms with Crippen molar-refractivity contribution in [2.75, 3.05) is 27.4 Å². The van der Waals surface area contributed by atoms with Gasteiger partial charge in [0.25, 0.3) is 0 Å². The highest BCUT2D eigenvalue weighted by Crippen LogP contribution is 2.26. The molecule has 32 heavy (non-hydrogen) atoms. The van der Waals surface area contributed by atoms with Crippen LogP contribution in [0.5, 0.6) is 0 Å². The number of methoxy groups -OCH3 is 2. The van der Waals surface area contributed by atoms with Gasteiger partial charge in [-0.3, -0.25) is 9.59 Å². The molecule has 1 aromatic rings. The molecule has 1 atom stereocenters. The molecule has 0 saturated carbocycles. The van der Waals surface area contributed by atoms with Crippen molar-refractivity contribution in [1.82, 2.24) is 5.32 Å². The maximum absolute atomic E-state index is 12.1. The van der Waals surface area contributed by atoms with Gasteiger partial charge in [0.05, 0.1) is 20.8 Å².